The quantitative estimate of drug-likeness (QED) is 0.0838. The number of nitrogens with zero attached hydrogens (tertiary/aromatic N) is 8. The lowest BCUT2D eigenvalue weighted by Gasteiger charge is -2.02. The first-order chi connectivity index (χ1) is 41.3. The molecular formula is C68H56N8O8. The van der Waals surface area contributed by atoms with Crippen molar-refractivity contribution in [3.63, 3.8) is 0 Å². The SMILES string of the molecule is COc1ccc(-c2nn(-c3ccccc3)cc2C=O)cc1.COc1ccc(-c2nn(-c3ccccc3)cc2C=O)cc1.COc1ccc(-c2nn(-c3ccccc3)cc2C=O)cc1.COc1ccc(-c2nn(-c3ccccc3)cc2C=O)cc1. The van der Waals surface area contributed by atoms with Gasteiger partial charge in [-0.25, -0.2) is 18.7 Å². The van der Waals surface area contributed by atoms with E-state index >= 15 is 0 Å². The van der Waals surface area contributed by atoms with Crippen molar-refractivity contribution in [2.24, 2.45) is 0 Å². The summed E-state index contributed by atoms with van der Waals surface area (Å²) >= 11 is 0. The predicted molar refractivity (Wildman–Crippen MR) is 324 cm³/mol. The minimum atomic E-state index is 0.559. The molecule has 12 rings (SSSR count). The van der Waals surface area contributed by atoms with Crippen molar-refractivity contribution in [2.45, 2.75) is 0 Å². The van der Waals surface area contributed by atoms with Crippen molar-refractivity contribution in [1.29, 1.82) is 0 Å². The van der Waals surface area contributed by atoms with Gasteiger partial charge in [-0.3, -0.25) is 19.2 Å². The fourth-order valence-electron chi connectivity index (χ4n) is 8.64. The zero-order valence-electron chi connectivity index (χ0n) is 46.2. The Morgan fingerprint density at radius 1 is 0.262 bits per heavy atom. The van der Waals surface area contributed by atoms with E-state index < -0.39 is 0 Å². The molecule has 4 aromatic heterocycles. The molecule has 84 heavy (non-hydrogen) atoms. The number of carbonyl (C=O) groups is 4. The minimum Gasteiger partial charge on any atom is -0.497 e. The van der Waals surface area contributed by atoms with Crippen LogP contribution in [0.2, 0.25) is 0 Å². The van der Waals surface area contributed by atoms with E-state index in [4.69, 9.17) is 18.9 Å². The van der Waals surface area contributed by atoms with Crippen molar-refractivity contribution >= 4 is 25.1 Å². The van der Waals surface area contributed by atoms with Crippen LogP contribution in [0.15, 0.2) is 243 Å². The van der Waals surface area contributed by atoms with Gasteiger partial charge in [-0.2, -0.15) is 20.4 Å². The summed E-state index contributed by atoms with van der Waals surface area (Å²) in [5.41, 5.74) is 12.1. The third kappa shape index (κ3) is 13.9. The number of ether oxygens (including phenoxy) is 4. The maximum atomic E-state index is 11.3. The average molecular weight is 1110 g/mol. The van der Waals surface area contributed by atoms with Gasteiger partial charge in [0.25, 0.3) is 0 Å². The first kappa shape index (κ1) is 57.2. The van der Waals surface area contributed by atoms with E-state index in [9.17, 15) is 19.2 Å². The molecule has 0 aliphatic heterocycles. The molecule has 0 N–H and O–H groups in total. The fourth-order valence-corrected chi connectivity index (χ4v) is 8.64. The topological polar surface area (TPSA) is 176 Å². The molecule has 0 fully saturated rings. The van der Waals surface area contributed by atoms with E-state index in [-0.39, 0.29) is 0 Å². The predicted octanol–water partition coefficient (Wildman–Crippen LogP) is 13.4. The van der Waals surface area contributed by atoms with Crippen LogP contribution in [0.25, 0.3) is 67.8 Å². The molecule has 0 atom stereocenters. The average Bonchev–Trinajstić information content (AvgIpc) is 4.51. The molecule has 12 aromatic rings. The lowest BCUT2D eigenvalue weighted by molar-refractivity contribution is 0.111. The first-order valence-corrected chi connectivity index (χ1v) is 26.3. The van der Waals surface area contributed by atoms with Gasteiger partial charge in [0, 0.05) is 47.0 Å². The summed E-state index contributed by atoms with van der Waals surface area (Å²) in [5, 5.41) is 18.1. The van der Waals surface area contributed by atoms with Crippen LogP contribution >= 0.6 is 0 Å². The molecule has 0 radical (unpaired) electrons. The van der Waals surface area contributed by atoms with Gasteiger partial charge in [0.15, 0.2) is 25.1 Å². The Morgan fingerprint density at radius 2 is 0.440 bits per heavy atom. The van der Waals surface area contributed by atoms with Gasteiger partial charge in [0.05, 0.1) is 73.4 Å². The number of hydrogen-bond acceptors (Lipinski definition) is 12. The van der Waals surface area contributed by atoms with Crippen LogP contribution in [-0.4, -0.2) is 92.7 Å². The Hall–Kier alpha value is -11.5. The van der Waals surface area contributed by atoms with E-state index in [0.29, 0.717) is 45.0 Å². The van der Waals surface area contributed by atoms with Gasteiger partial charge in [-0.15, -0.1) is 0 Å². The third-order valence-corrected chi connectivity index (χ3v) is 13.0. The molecule has 0 spiro atoms. The molecule has 0 saturated carbocycles. The lowest BCUT2D eigenvalue weighted by Crippen LogP contribution is -1.94. The van der Waals surface area contributed by atoms with E-state index in [1.165, 1.54) is 0 Å². The molecule has 8 aromatic carbocycles. The summed E-state index contributed by atoms with van der Waals surface area (Å²) in [4.78, 5) is 45.2. The van der Waals surface area contributed by atoms with Gasteiger partial charge >= 0.3 is 0 Å². The summed E-state index contributed by atoms with van der Waals surface area (Å²) in [6.07, 6.45) is 10.3. The zero-order valence-corrected chi connectivity index (χ0v) is 46.2. The van der Waals surface area contributed by atoms with Gasteiger partial charge in [0.2, 0.25) is 0 Å². The Morgan fingerprint density at radius 3 is 0.595 bits per heavy atom. The summed E-state index contributed by atoms with van der Waals surface area (Å²) in [7, 11) is 6.48. The number of aldehydes is 4. The van der Waals surface area contributed by atoms with Gasteiger partial charge in [-0.1, -0.05) is 72.8 Å². The maximum absolute atomic E-state index is 11.3. The van der Waals surface area contributed by atoms with E-state index in [1.54, 1.807) is 72.0 Å². The molecular weight excluding hydrogens is 1060 g/mol. The number of benzene rings is 8. The Kier molecular flexibility index (Phi) is 19.1. The zero-order chi connectivity index (χ0) is 58.6. The van der Waals surface area contributed by atoms with Crippen LogP contribution in [0.5, 0.6) is 23.0 Å². The lowest BCUT2D eigenvalue weighted by atomic mass is 10.1. The molecule has 416 valence electrons. The van der Waals surface area contributed by atoms with Crippen molar-refractivity contribution in [2.75, 3.05) is 28.4 Å². The van der Waals surface area contributed by atoms with Crippen LogP contribution < -0.4 is 18.9 Å². The minimum absolute atomic E-state index is 0.559. The second kappa shape index (κ2) is 28.1. The van der Waals surface area contributed by atoms with Gasteiger partial charge < -0.3 is 18.9 Å². The number of aromatic nitrogens is 8. The van der Waals surface area contributed by atoms with Crippen molar-refractivity contribution in [3.05, 3.63) is 265 Å². The highest BCUT2D eigenvalue weighted by atomic mass is 16.5. The third-order valence-electron chi connectivity index (χ3n) is 13.0. The first-order valence-electron chi connectivity index (χ1n) is 26.3. The summed E-state index contributed by atoms with van der Waals surface area (Å²) in [6.45, 7) is 0. The monoisotopic (exact) mass is 1110 g/mol. The van der Waals surface area contributed by atoms with Crippen LogP contribution in [-0.2, 0) is 0 Å². The second-order valence-corrected chi connectivity index (χ2v) is 18.2. The Balaban J connectivity index is 0.000000134. The smallest absolute Gasteiger partial charge is 0.153 e. The van der Waals surface area contributed by atoms with Crippen LogP contribution in [0.3, 0.4) is 0 Å². The summed E-state index contributed by atoms with van der Waals surface area (Å²) in [6, 6.07) is 68.8. The highest BCUT2D eigenvalue weighted by Gasteiger charge is 2.16. The van der Waals surface area contributed by atoms with Crippen molar-refractivity contribution < 1.29 is 38.1 Å². The van der Waals surface area contributed by atoms with Crippen LogP contribution in [0.1, 0.15) is 41.4 Å². The van der Waals surface area contributed by atoms with E-state index in [2.05, 4.69) is 20.4 Å². The number of rotatable bonds is 16. The Labute approximate surface area is 485 Å². The van der Waals surface area contributed by atoms with Crippen molar-refractivity contribution in [3.8, 4) is 90.8 Å². The van der Waals surface area contributed by atoms with Gasteiger partial charge in [0.1, 0.15) is 45.8 Å². The van der Waals surface area contributed by atoms with Crippen molar-refractivity contribution in [1.82, 2.24) is 39.1 Å². The molecule has 4 heterocycles. The van der Waals surface area contributed by atoms with Gasteiger partial charge in [-0.05, 0) is 146 Å². The van der Waals surface area contributed by atoms with E-state index in [1.807, 2.05) is 218 Å². The normalized spacial score (nSPS) is 10.3. The molecule has 0 saturated heterocycles. The largest absolute Gasteiger partial charge is 0.497 e. The second-order valence-electron chi connectivity index (χ2n) is 18.2. The molecule has 0 aliphatic rings. The summed E-state index contributed by atoms with van der Waals surface area (Å²) in [5.74, 6) is 3.09. The molecule has 16 heteroatoms. The summed E-state index contributed by atoms with van der Waals surface area (Å²) < 4.78 is 27.4. The van der Waals surface area contributed by atoms with Crippen LogP contribution in [0, 0.1) is 0 Å². The number of methoxy groups -OCH3 is 4. The fraction of sp³-hybridized carbons (Fsp3) is 0.0588. The number of para-hydroxylation sites is 4. The highest BCUT2D eigenvalue weighted by Crippen LogP contribution is 2.29. The maximum Gasteiger partial charge on any atom is 0.153 e. The molecule has 0 unspecified atom stereocenters. The highest BCUT2D eigenvalue weighted by molar-refractivity contribution is 5.88. The molecule has 0 aliphatic carbocycles. The van der Waals surface area contributed by atoms with E-state index in [0.717, 1.165) is 93.1 Å². The molecule has 0 amide bonds. The standard InChI is InChI=1S/4C17H14N2O2/c4*1-21-16-9-7-13(8-10-16)17-14(12-20)11-19(18-17)15-5-3-2-4-6-15/h4*2-12H,1H3. The Bertz CT molecular complexity index is 3520. The number of hydrogen-bond donors (Lipinski definition) is 0. The molecule has 0 bridgehead atoms. The van der Waals surface area contributed by atoms with Crippen LogP contribution in [0.4, 0.5) is 0 Å². The number of carbonyl (C=O) groups excluding carboxylic acids is 4. The molecule has 16 nitrogen and oxygen atoms in total.